The van der Waals surface area contributed by atoms with E-state index >= 15 is 0 Å². The first-order valence-electron chi connectivity index (χ1n) is 9.79. The van der Waals surface area contributed by atoms with Gasteiger partial charge in [0.2, 0.25) is 0 Å². The molecule has 1 heterocycles. The van der Waals surface area contributed by atoms with Gasteiger partial charge in [-0.25, -0.2) is 0 Å². The van der Waals surface area contributed by atoms with Gasteiger partial charge in [0, 0.05) is 13.6 Å². The predicted molar refractivity (Wildman–Crippen MR) is 114 cm³/mol. The molecule has 1 saturated carbocycles. The number of ether oxygens (including phenoxy) is 1. The molecule has 0 spiro atoms. The lowest BCUT2D eigenvalue weighted by atomic mass is 10.2. The van der Waals surface area contributed by atoms with E-state index in [0.29, 0.717) is 23.2 Å². The first kappa shape index (κ1) is 19.0. The summed E-state index contributed by atoms with van der Waals surface area (Å²) in [5, 5.41) is 0.813. The summed E-state index contributed by atoms with van der Waals surface area (Å²) in [6.45, 7) is 0.576. The van der Waals surface area contributed by atoms with E-state index in [1.807, 2.05) is 54.6 Å². The molecule has 0 bridgehead atoms. The van der Waals surface area contributed by atoms with Crippen molar-refractivity contribution >= 4 is 12.2 Å². The summed E-state index contributed by atoms with van der Waals surface area (Å²) in [6.07, 6.45) is 5.77. The second-order valence-corrected chi connectivity index (χ2v) is 7.47. The molecule has 5 heteroatoms. The Morgan fingerprint density at radius 1 is 0.897 bits per heavy atom. The lowest BCUT2D eigenvalue weighted by Gasteiger charge is -2.10. The van der Waals surface area contributed by atoms with Crippen LogP contribution in [0.3, 0.4) is 0 Å². The van der Waals surface area contributed by atoms with Gasteiger partial charge in [-0.05, 0) is 54.2 Å². The van der Waals surface area contributed by atoms with Gasteiger partial charge in [0.25, 0.3) is 11.1 Å². The van der Waals surface area contributed by atoms with Crippen LogP contribution in [0.5, 0.6) is 5.75 Å². The van der Waals surface area contributed by atoms with Crippen LogP contribution in [0.15, 0.2) is 64.2 Å². The quantitative estimate of drug-likeness (QED) is 0.668. The fourth-order valence-electron chi connectivity index (χ4n) is 3.39. The van der Waals surface area contributed by atoms with Crippen LogP contribution in [0.2, 0.25) is 0 Å². The summed E-state index contributed by atoms with van der Waals surface area (Å²) >= 11 is 0. The zero-order valence-corrected chi connectivity index (χ0v) is 16.7. The molecule has 29 heavy (non-hydrogen) atoms. The zero-order valence-electron chi connectivity index (χ0n) is 16.7. The molecule has 0 radical (unpaired) electrons. The Bertz CT molecular complexity index is 1250. The second-order valence-electron chi connectivity index (χ2n) is 7.47. The van der Waals surface area contributed by atoms with Crippen molar-refractivity contribution in [2.75, 3.05) is 7.11 Å². The minimum absolute atomic E-state index is 0.136. The predicted octanol–water partition coefficient (Wildman–Crippen LogP) is 1.62. The number of aromatic nitrogens is 2. The van der Waals surface area contributed by atoms with Crippen molar-refractivity contribution in [3.63, 3.8) is 0 Å². The van der Waals surface area contributed by atoms with Crippen LogP contribution in [0.1, 0.15) is 24.0 Å². The molecule has 0 N–H and O–H groups in total. The van der Waals surface area contributed by atoms with E-state index in [-0.39, 0.29) is 11.1 Å². The van der Waals surface area contributed by atoms with E-state index in [1.165, 1.54) is 4.57 Å². The van der Waals surface area contributed by atoms with Crippen molar-refractivity contribution in [2.24, 2.45) is 13.0 Å². The maximum atomic E-state index is 13.4. The summed E-state index contributed by atoms with van der Waals surface area (Å²) in [5.41, 5.74) is 1.43. The Labute approximate surface area is 168 Å². The standard InChI is InChI=1S/C24H24N2O3/c1-25-21(14-17-6-4-3-5-7-17)24(28)26(16-19-8-9-19)22(23(25)27)15-18-10-12-20(29-2)13-11-18/h3-7,10-15,19H,8-9,16H2,1-2H3. The third-order valence-corrected chi connectivity index (χ3v) is 5.30. The first-order valence-corrected chi connectivity index (χ1v) is 9.79. The van der Waals surface area contributed by atoms with Gasteiger partial charge in [-0.1, -0.05) is 42.5 Å². The molecule has 1 aliphatic rings. The van der Waals surface area contributed by atoms with Crippen molar-refractivity contribution < 1.29 is 4.74 Å². The van der Waals surface area contributed by atoms with Gasteiger partial charge in [-0.2, -0.15) is 0 Å². The van der Waals surface area contributed by atoms with E-state index in [0.717, 1.165) is 29.7 Å². The maximum Gasteiger partial charge on any atom is 0.275 e. The van der Waals surface area contributed by atoms with Crippen molar-refractivity contribution in [1.82, 2.24) is 9.13 Å². The van der Waals surface area contributed by atoms with Crippen LogP contribution in [-0.4, -0.2) is 16.2 Å². The SMILES string of the molecule is COc1ccc(C=c2c(=O)n(C)c(=Cc3ccccc3)c(=O)n2CC2CC2)cc1. The molecule has 4 rings (SSSR count). The number of nitrogens with zero attached hydrogens (tertiary/aromatic N) is 2. The molecule has 0 aliphatic heterocycles. The van der Waals surface area contributed by atoms with Gasteiger partial charge in [0.05, 0.1) is 7.11 Å². The molecular weight excluding hydrogens is 364 g/mol. The highest BCUT2D eigenvalue weighted by Crippen LogP contribution is 2.29. The van der Waals surface area contributed by atoms with Crippen molar-refractivity contribution in [2.45, 2.75) is 19.4 Å². The number of rotatable bonds is 5. The summed E-state index contributed by atoms with van der Waals surface area (Å²) in [4.78, 5) is 26.6. The molecule has 0 atom stereocenters. The first-order chi connectivity index (χ1) is 14.1. The molecule has 1 fully saturated rings. The summed E-state index contributed by atoms with van der Waals surface area (Å²) in [6, 6.07) is 17.1. The Balaban J connectivity index is 1.96. The average molecular weight is 388 g/mol. The van der Waals surface area contributed by atoms with Gasteiger partial charge in [-0.3, -0.25) is 9.59 Å². The summed E-state index contributed by atoms with van der Waals surface area (Å²) in [7, 11) is 3.27. The van der Waals surface area contributed by atoms with Crippen LogP contribution in [0.4, 0.5) is 0 Å². The number of methoxy groups -OCH3 is 1. The Morgan fingerprint density at radius 2 is 1.52 bits per heavy atom. The van der Waals surface area contributed by atoms with Crippen LogP contribution in [-0.2, 0) is 13.6 Å². The largest absolute Gasteiger partial charge is 0.497 e. The zero-order chi connectivity index (χ0) is 20.4. The molecule has 1 aliphatic carbocycles. The average Bonchev–Trinajstić information content (AvgIpc) is 3.57. The van der Waals surface area contributed by atoms with Gasteiger partial charge < -0.3 is 13.9 Å². The molecule has 0 unspecified atom stereocenters. The topological polar surface area (TPSA) is 53.2 Å². The second kappa shape index (κ2) is 7.95. The lowest BCUT2D eigenvalue weighted by Crippen LogP contribution is -2.57. The van der Waals surface area contributed by atoms with Crippen molar-refractivity contribution in [3.05, 3.63) is 97.1 Å². The highest BCUT2D eigenvalue weighted by atomic mass is 16.5. The molecule has 3 aromatic rings. The fraction of sp³-hybridized carbons (Fsp3) is 0.250. The third-order valence-electron chi connectivity index (χ3n) is 5.30. The third kappa shape index (κ3) is 4.09. The van der Waals surface area contributed by atoms with E-state index in [4.69, 9.17) is 4.74 Å². The monoisotopic (exact) mass is 388 g/mol. The van der Waals surface area contributed by atoms with E-state index in [1.54, 1.807) is 30.9 Å². The fourth-order valence-corrected chi connectivity index (χ4v) is 3.39. The van der Waals surface area contributed by atoms with Crippen LogP contribution < -0.4 is 26.6 Å². The molecule has 1 aromatic heterocycles. The van der Waals surface area contributed by atoms with Crippen molar-refractivity contribution in [1.29, 1.82) is 0 Å². The minimum atomic E-state index is -0.178. The van der Waals surface area contributed by atoms with Gasteiger partial charge in [0.15, 0.2) is 0 Å². The van der Waals surface area contributed by atoms with Crippen LogP contribution in [0.25, 0.3) is 12.2 Å². The number of benzene rings is 2. The van der Waals surface area contributed by atoms with Crippen LogP contribution in [0, 0.1) is 5.92 Å². The summed E-state index contributed by atoms with van der Waals surface area (Å²) in [5.74, 6) is 1.21. The molecular formula is C24H24N2O3. The van der Waals surface area contributed by atoms with Gasteiger partial charge >= 0.3 is 0 Å². The Morgan fingerprint density at radius 3 is 2.14 bits per heavy atom. The molecule has 0 saturated heterocycles. The van der Waals surface area contributed by atoms with Gasteiger partial charge in [-0.15, -0.1) is 0 Å². The van der Waals surface area contributed by atoms with E-state index in [2.05, 4.69) is 0 Å². The van der Waals surface area contributed by atoms with Crippen LogP contribution >= 0.6 is 0 Å². The maximum absolute atomic E-state index is 13.4. The molecule has 148 valence electrons. The summed E-state index contributed by atoms with van der Waals surface area (Å²) < 4.78 is 8.30. The van der Waals surface area contributed by atoms with E-state index in [9.17, 15) is 9.59 Å². The highest BCUT2D eigenvalue weighted by molar-refractivity contribution is 5.50. The normalized spacial score (nSPS) is 15.0. The van der Waals surface area contributed by atoms with Crippen molar-refractivity contribution in [3.8, 4) is 5.75 Å². The molecule has 2 aromatic carbocycles. The minimum Gasteiger partial charge on any atom is -0.497 e. The smallest absolute Gasteiger partial charge is 0.275 e. The van der Waals surface area contributed by atoms with Gasteiger partial charge in [0.1, 0.15) is 16.4 Å². The Hall–Kier alpha value is -3.34. The number of hydrogen-bond donors (Lipinski definition) is 0. The highest BCUT2D eigenvalue weighted by Gasteiger charge is 2.23. The molecule has 5 nitrogen and oxygen atoms in total. The Kier molecular flexibility index (Phi) is 5.21. The number of hydrogen-bond acceptors (Lipinski definition) is 3. The lowest BCUT2D eigenvalue weighted by molar-refractivity contribution is 0.415. The molecule has 0 amide bonds. The van der Waals surface area contributed by atoms with E-state index < -0.39 is 0 Å².